The zero-order valence-electron chi connectivity index (χ0n) is 9.95. The maximum absolute atomic E-state index is 11.9. The SMILES string of the molecule is CC1CCCCCN1C(=O)CCCC(=O)O. The van der Waals surface area contributed by atoms with Gasteiger partial charge in [0.05, 0.1) is 0 Å². The van der Waals surface area contributed by atoms with Crippen molar-refractivity contribution < 1.29 is 14.7 Å². The molecule has 1 heterocycles. The van der Waals surface area contributed by atoms with E-state index in [1.54, 1.807) is 0 Å². The summed E-state index contributed by atoms with van der Waals surface area (Å²) in [5.41, 5.74) is 0. The molecular formula is C12H21NO3. The molecule has 16 heavy (non-hydrogen) atoms. The molecule has 0 saturated carbocycles. The molecule has 1 fully saturated rings. The van der Waals surface area contributed by atoms with E-state index >= 15 is 0 Å². The maximum atomic E-state index is 11.9. The summed E-state index contributed by atoms with van der Waals surface area (Å²) in [6.45, 7) is 2.92. The topological polar surface area (TPSA) is 57.6 Å². The highest BCUT2D eigenvalue weighted by Gasteiger charge is 2.21. The lowest BCUT2D eigenvalue weighted by Crippen LogP contribution is -2.38. The van der Waals surface area contributed by atoms with Crippen LogP contribution in [-0.4, -0.2) is 34.5 Å². The molecule has 92 valence electrons. The number of likely N-dealkylation sites (tertiary alicyclic amines) is 1. The lowest BCUT2D eigenvalue weighted by Gasteiger charge is -2.27. The molecule has 0 aromatic rings. The molecule has 0 radical (unpaired) electrons. The Morgan fingerprint density at radius 2 is 2.00 bits per heavy atom. The Hall–Kier alpha value is -1.06. The van der Waals surface area contributed by atoms with Crippen LogP contribution in [0.4, 0.5) is 0 Å². The average molecular weight is 227 g/mol. The number of carbonyl (C=O) groups is 2. The van der Waals surface area contributed by atoms with Crippen molar-refractivity contribution in [3.8, 4) is 0 Å². The highest BCUT2D eigenvalue weighted by atomic mass is 16.4. The minimum Gasteiger partial charge on any atom is -0.481 e. The molecule has 1 N–H and O–H groups in total. The summed E-state index contributed by atoms with van der Waals surface area (Å²) in [7, 11) is 0. The number of aliphatic carboxylic acids is 1. The standard InChI is InChI=1S/C12H21NO3/c1-10-6-3-2-4-9-13(10)11(14)7-5-8-12(15)16/h10H,2-9H2,1H3,(H,15,16). The molecule has 1 aliphatic heterocycles. The summed E-state index contributed by atoms with van der Waals surface area (Å²) in [6, 6.07) is 0.319. The van der Waals surface area contributed by atoms with Gasteiger partial charge in [-0.15, -0.1) is 0 Å². The smallest absolute Gasteiger partial charge is 0.303 e. The van der Waals surface area contributed by atoms with Gasteiger partial charge in [-0.05, 0) is 26.2 Å². The molecule has 4 heteroatoms. The van der Waals surface area contributed by atoms with E-state index in [4.69, 9.17) is 5.11 Å². The van der Waals surface area contributed by atoms with Gasteiger partial charge in [0.15, 0.2) is 0 Å². The third-order valence-electron chi connectivity index (χ3n) is 3.15. The third kappa shape index (κ3) is 4.21. The van der Waals surface area contributed by atoms with Crippen molar-refractivity contribution in [1.29, 1.82) is 0 Å². The van der Waals surface area contributed by atoms with Gasteiger partial charge in [-0.1, -0.05) is 12.8 Å². The molecule has 1 amide bonds. The monoisotopic (exact) mass is 227 g/mol. The Kier molecular flexibility index (Phi) is 5.29. The van der Waals surface area contributed by atoms with Crippen LogP contribution >= 0.6 is 0 Å². The summed E-state index contributed by atoms with van der Waals surface area (Å²) >= 11 is 0. The van der Waals surface area contributed by atoms with E-state index in [0.717, 1.165) is 19.4 Å². The number of rotatable bonds is 4. The van der Waals surface area contributed by atoms with E-state index < -0.39 is 5.97 Å². The molecule has 1 rings (SSSR count). The van der Waals surface area contributed by atoms with Crippen molar-refractivity contribution >= 4 is 11.9 Å². The quantitative estimate of drug-likeness (QED) is 0.799. The van der Waals surface area contributed by atoms with Crippen LogP contribution in [0.15, 0.2) is 0 Å². The van der Waals surface area contributed by atoms with Crippen LogP contribution in [-0.2, 0) is 9.59 Å². The first-order valence-electron chi connectivity index (χ1n) is 6.12. The van der Waals surface area contributed by atoms with Crippen LogP contribution in [0.25, 0.3) is 0 Å². The number of hydrogen-bond acceptors (Lipinski definition) is 2. The predicted octanol–water partition coefficient (Wildman–Crippen LogP) is 2.03. The first kappa shape index (κ1) is 13.0. The summed E-state index contributed by atoms with van der Waals surface area (Å²) in [5.74, 6) is -0.702. The number of amides is 1. The van der Waals surface area contributed by atoms with Gasteiger partial charge in [-0.25, -0.2) is 0 Å². The van der Waals surface area contributed by atoms with Crippen molar-refractivity contribution in [3.63, 3.8) is 0 Å². The minimum atomic E-state index is -0.822. The van der Waals surface area contributed by atoms with E-state index in [1.165, 1.54) is 12.8 Å². The maximum Gasteiger partial charge on any atom is 0.303 e. The van der Waals surface area contributed by atoms with E-state index in [1.807, 2.05) is 4.90 Å². The molecule has 0 bridgehead atoms. The molecule has 1 aliphatic rings. The first-order valence-corrected chi connectivity index (χ1v) is 6.12. The molecule has 1 saturated heterocycles. The van der Waals surface area contributed by atoms with Gasteiger partial charge in [0.2, 0.25) is 5.91 Å². The minimum absolute atomic E-state index is 0.0912. The van der Waals surface area contributed by atoms with E-state index in [-0.39, 0.29) is 12.3 Å². The van der Waals surface area contributed by atoms with Gasteiger partial charge in [0.1, 0.15) is 0 Å². The van der Waals surface area contributed by atoms with Crippen molar-refractivity contribution in [2.45, 2.75) is 57.9 Å². The average Bonchev–Trinajstić information content (AvgIpc) is 2.42. The number of carboxylic acids is 1. The van der Waals surface area contributed by atoms with Gasteiger partial charge < -0.3 is 10.0 Å². The number of hydrogen-bond donors (Lipinski definition) is 1. The lowest BCUT2D eigenvalue weighted by atomic mass is 10.1. The summed E-state index contributed by atoms with van der Waals surface area (Å²) in [5, 5.41) is 8.51. The second-order valence-corrected chi connectivity index (χ2v) is 4.53. The van der Waals surface area contributed by atoms with Gasteiger partial charge >= 0.3 is 5.97 Å². The summed E-state index contributed by atoms with van der Waals surface area (Å²) < 4.78 is 0. The largest absolute Gasteiger partial charge is 0.481 e. The van der Waals surface area contributed by atoms with Crippen molar-refractivity contribution in [2.24, 2.45) is 0 Å². The van der Waals surface area contributed by atoms with Crippen molar-refractivity contribution in [2.75, 3.05) is 6.54 Å². The van der Waals surface area contributed by atoms with Crippen LogP contribution in [0, 0.1) is 0 Å². The van der Waals surface area contributed by atoms with E-state index in [2.05, 4.69) is 6.92 Å². The fourth-order valence-electron chi connectivity index (χ4n) is 2.18. The Morgan fingerprint density at radius 3 is 2.69 bits per heavy atom. The van der Waals surface area contributed by atoms with E-state index in [0.29, 0.717) is 18.9 Å². The molecule has 0 aromatic carbocycles. The van der Waals surface area contributed by atoms with Gasteiger partial charge in [0.25, 0.3) is 0 Å². The molecule has 0 aliphatic carbocycles. The Morgan fingerprint density at radius 1 is 1.25 bits per heavy atom. The molecule has 1 atom stereocenters. The third-order valence-corrected chi connectivity index (χ3v) is 3.15. The Labute approximate surface area is 96.6 Å². The normalized spacial score (nSPS) is 21.6. The van der Waals surface area contributed by atoms with Crippen molar-refractivity contribution in [1.82, 2.24) is 4.90 Å². The lowest BCUT2D eigenvalue weighted by molar-refractivity contribution is -0.137. The molecule has 0 aromatic heterocycles. The van der Waals surface area contributed by atoms with Crippen LogP contribution < -0.4 is 0 Å². The summed E-state index contributed by atoms with van der Waals surface area (Å²) in [6.07, 6.45) is 5.46. The Bertz CT molecular complexity index is 253. The zero-order chi connectivity index (χ0) is 12.0. The van der Waals surface area contributed by atoms with Crippen LogP contribution in [0.2, 0.25) is 0 Å². The number of nitrogens with zero attached hydrogens (tertiary/aromatic N) is 1. The highest BCUT2D eigenvalue weighted by Crippen LogP contribution is 2.17. The fourth-order valence-corrected chi connectivity index (χ4v) is 2.18. The molecule has 0 spiro atoms. The van der Waals surface area contributed by atoms with Crippen LogP contribution in [0.3, 0.4) is 0 Å². The zero-order valence-corrected chi connectivity index (χ0v) is 9.95. The van der Waals surface area contributed by atoms with E-state index in [9.17, 15) is 9.59 Å². The Balaban J connectivity index is 2.35. The molecule has 1 unspecified atom stereocenters. The van der Waals surface area contributed by atoms with Gasteiger partial charge in [0, 0.05) is 25.4 Å². The molecular weight excluding hydrogens is 206 g/mol. The predicted molar refractivity (Wildman–Crippen MR) is 61.1 cm³/mol. The van der Waals surface area contributed by atoms with Gasteiger partial charge in [-0.2, -0.15) is 0 Å². The first-order chi connectivity index (χ1) is 7.61. The van der Waals surface area contributed by atoms with Gasteiger partial charge in [-0.3, -0.25) is 9.59 Å². The number of carbonyl (C=O) groups excluding carboxylic acids is 1. The van der Waals surface area contributed by atoms with Crippen LogP contribution in [0.1, 0.15) is 51.9 Å². The molecule has 4 nitrogen and oxygen atoms in total. The highest BCUT2D eigenvalue weighted by molar-refractivity contribution is 5.77. The fraction of sp³-hybridized carbons (Fsp3) is 0.833. The number of carboxylic acid groups (broad SMARTS) is 1. The van der Waals surface area contributed by atoms with Crippen molar-refractivity contribution in [3.05, 3.63) is 0 Å². The van der Waals surface area contributed by atoms with Crippen LogP contribution in [0.5, 0.6) is 0 Å². The summed E-state index contributed by atoms with van der Waals surface area (Å²) in [4.78, 5) is 24.2. The second kappa shape index (κ2) is 6.51. The second-order valence-electron chi connectivity index (χ2n) is 4.53.